The molecule has 0 saturated heterocycles. The molecule has 2 aromatic carbocycles. The second-order valence-electron chi connectivity index (χ2n) is 4.32. The Morgan fingerprint density at radius 3 is 1.95 bits per heavy atom. The van der Waals surface area contributed by atoms with Crippen LogP contribution in [0.3, 0.4) is 0 Å². The van der Waals surface area contributed by atoms with Crippen LogP contribution in [0.25, 0.3) is 0 Å². The normalized spacial score (nSPS) is 12.0. The number of methoxy groups -OCH3 is 1. The molecule has 0 fully saturated rings. The summed E-state index contributed by atoms with van der Waals surface area (Å²) in [7, 11) is -7.27. The number of rotatable bonds is 5. The van der Waals surface area contributed by atoms with E-state index in [1.54, 1.807) is 18.2 Å². The van der Waals surface area contributed by atoms with Crippen molar-refractivity contribution < 1.29 is 21.6 Å². The molecular weight excluding hydrogens is 312 g/mol. The maximum absolute atomic E-state index is 12.2. The quantitative estimate of drug-likeness (QED) is 0.785. The van der Waals surface area contributed by atoms with E-state index in [-0.39, 0.29) is 4.90 Å². The fraction of sp³-hybridized carbons (Fsp3) is 0.143. The third-order valence-corrected chi connectivity index (χ3v) is 8.01. The zero-order valence-electron chi connectivity index (χ0n) is 11.3. The Labute approximate surface area is 123 Å². The van der Waals surface area contributed by atoms with Crippen LogP contribution in [-0.2, 0) is 23.5 Å². The molecule has 0 heterocycles. The predicted molar refractivity (Wildman–Crippen MR) is 79.2 cm³/mol. The van der Waals surface area contributed by atoms with Gasteiger partial charge in [0.25, 0.3) is 17.7 Å². The van der Waals surface area contributed by atoms with Crippen LogP contribution in [-0.4, -0.2) is 23.9 Å². The fourth-order valence-electron chi connectivity index (χ4n) is 1.74. The minimum atomic E-state index is -4.41. The van der Waals surface area contributed by atoms with Gasteiger partial charge in [0.05, 0.1) is 17.8 Å². The van der Waals surface area contributed by atoms with Gasteiger partial charge in [0.15, 0.2) is 0 Å². The van der Waals surface area contributed by atoms with Gasteiger partial charge < -0.3 is 4.74 Å². The van der Waals surface area contributed by atoms with Crippen LogP contribution in [0.5, 0.6) is 5.75 Å². The second-order valence-corrected chi connectivity index (χ2v) is 9.94. The Morgan fingerprint density at radius 2 is 1.43 bits per heavy atom. The molecule has 0 unspecified atom stereocenters. The van der Waals surface area contributed by atoms with E-state index in [2.05, 4.69) is 0 Å². The average molecular weight is 326 g/mol. The zero-order valence-corrected chi connectivity index (χ0v) is 12.9. The van der Waals surface area contributed by atoms with Crippen molar-refractivity contribution in [1.29, 1.82) is 0 Å². The van der Waals surface area contributed by atoms with Gasteiger partial charge in [-0.3, -0.25) is 0 Å². The predicted octanol–water partition coefficient (Wildman–Crippen LogP) is 2.00. The smallest absolute Gasteiger partial charge is 0.282 e. The molecule has 0 saturated carbocycles. The van der Waals surface area contributed by atoms with Crippen molar-refractivity contribution in [3.05, 3.63) is 60.2 Å². The monoisotopic (exact) mass is 326 g/mol. The highest BCUT2D eigenvalue weighted by Crippen LogP contribution is 2.22. The highest BCUT2D eigenvalue weighted by molar-refractivity contribution is 8.66. The van der Waals surface area contributed by atoms with Gasteiger partial charge in [-0.25, -0.2) is 16.8 Å². The van der Waals surface area contributed by atoms with Gasteiger partial charge >= 0.3 is 0 Å². The number of hydrogen-bond acceptors (Lipinski definition) is 5. The van der Waals surface area contributed by atoms with Gasteiger partial charge in [-0.15, -0.1) is 0 Å². The van der Waals surface area contributed by atoms with E-state index in [4.69, 9.17) is 4.74 Å². The van der Waals surface area contributed by atoms with Crippen LogP contribution < -0.4 is 4.74 Å². The molecule has 0 bridgehead atoms. The molecule has 0 amide bonds. The number of ether oxygens (including phenoxy) is 1. The van der Waals surface area contributed by atoms with E-state index >= 15 is 0 Å². The van der Waals surface area contributed by atoms with Crippen molar-refractivity contribution >= 4 is 17.7 Å². The van der Waals surface area contributed by atoms with Gasteiger partial charge in [-0.05, 0) is 29.8 Å². The Hall–Kier alpha value is -1.86. The Balaban J connectivity index is 2.33. The minimum absolute atomic E-state index is 0.224. The largest absolute Gasteiger partial charge is 0.497 e. The number of benzene rings is 2. The fourth-order valence-corrected chi connectivity index (χ4v) is 5.36. The third-order valence-electron chi connectivity index (χ3n) is 2.87. The van der Waals surface area contributed by atoms with Gasteiger partial charge in [0.2, 0.25) is 0 Å². The molecule has 0 aliphatic carbocycles. The summed E-state index contributed by atoms with van der Waals surface area (Å²) in [4.78, 5) is -0.224. The molecule has 2 aromatic rings. The molecule has 112 valence electrons. The molecule has 5 nitrogen and oxygen atoms in total. The first-order valence-electron chi connectivity index (χ1n) is 6.02. The average Bonchev–Trinajstić information content (AvgIpc) is 2.48. The van der Waals surface area contributed by atoms with Gasteiger partial charge in [-0.2, -0.15) is 0 Å². The van der Waals surface area contributed by atoms with Crippen molar-refractivity contribution in [3.63, 3.8) is 0 Å². The summed E-state index contributed by atoms with van der Waals surface area (Å²) in [6.45, 7) is 0. The first-order chi connectivity index (χ1) is 9.87. The van der Waals surface area contributed by atoms with Crippen LogP contribution in [0.2, 0.25) is 0 Å². The lowest BCUT2D eigenvalue weighted by Gasteiger charge is -2.07. The number of hydrogen-bond donors (Lipinski definition) is 0. The second kappa shape index (κ2) is 5.87. The molecule has 0 aliphatic heterocycles. The Morgan fingerprint density at radius 1 is 0.857 bits per heavy atom. The summed E-state index contributed by atoms with van der Waals surface area (Å²) in [5.74, 6) is -0.00382. The molecule has 0 N–H and O–H groups in total. The summed E-state index contributed by atoms with van der Waals surface area (Å²) in [6.07, 6.45) is 0. The van der Waals surface area contributed by atoms with Gasteiger partial charge in [0.1, 0.15) is 5.75 Å². The lowest BCUT2D eigenvalue weighted by atomic mass is 10.2. The third kappa shape index (κ3) is 3.25. The molecule has 0 atom stereocenters. The molecule has 0 aromatic heterocycles. The van der Waals surface area contributed by atoms with Crippen molar-refractivity contribution in [2.24, 2.45) is 0 Å². The Bertz CT molecular complexity index is 807. The maximum Gasteiger partial charge on any atom is 0.282 e. The summed E-state index contributed by atoms with van der Waals surface area (Å²) < 4.78 is 53.6. The van der Waals surface area contributed by atoms with E-state index in [0.717, 1.165) is 0 Å². The van der Waals surface area contributed by atoms with E-state index in [9.17, 15) is 16.8 Å². The van der Waals surface area contributed by atoms with Crippen molar-refractivity contribution in [1.82, 2.24) is 0 Å². The Kier molecular flexibility index (Phi) is 4.34. The summed E-state index contributed by atoms with van der Waals surface area (Å²) in [5.41, 5.74) is 0.385. The zero-order chi connectivity index (χ0) is 15.5. The SMILES string of the molecule is COc1ccc(CS(=O)(=O)S(=O)(=O)c2ccccc2)cc1. The van der Waals surface area contributed by atoms with E-state index in [0.29, 0.717) is 11.3 Å². The first kappa shape index (κ1) is 15.5. The molecule has 0 spiro atoms. The van der Waals surface area contributed by atoms with Gasteiger partial charge in [-0.1, -0.05) is 30.3 Å². The lowest BCUT2D eigenvalue weighted by Crippen LogP contribution is -2.17. The summed E-state index contributed by atoms with van der Waals surface area (Å²) >= 11 is 0. The van der Waals surface area contributed by atoms with Crippen molar-refractivity contribution in [2.45, 2.75) is 10.6 Å². The lowest BCUT2D eigenvalue weighted by molar-refractivity contribution is 0.414. The standard InChI is InChI=1S/C14H14O5S2/c1-19-13-9-7-12(8-10-13)11-20(15,16)21(17,18)14-5-3-2-4-6-14/h2-10H,11H2,1H3. The summed E-state index contributed by atoms with van der Waals surface area (Å²) in [5, 5.41) is 0. The molecular formula is C14H14O5S2. The van der Waals surface area contributed by atoms with Crippen LogP contribution in [0.15, 0.2) is 59.5 Å². The molecule has 0 aliphatic rings. The van der Waals surface area contributed by atoms with E-state index in [1.807, 2.05) is 0 Å². The van der Waals surface area contributed by atoms with Crippen molar-refractivity contribution in [3.8, 4) is 5.75 Å². The van der Waals surface area contributed by atoms with Crippen LogP contribution in [0.1, 0.15) is 5.56 Å². The molecule has 0 radical (unpaired) electrons. The topological polar surface area (TPSA) is 77.5 Å². The highest BCUT2D eigenvalue weighted by Gasteiger charge is 2.31. The first-order valence-corrected chi connectivity index (χ1v) is 9.68. The molecule has 7 heteroatoms. The molecule has 21 heavy (non-hydrogen) atoms. The van der Waals surface area contributed by atoms with E-state index < -0.39 is 23.5 Å². The van der Waals surface area contributed by atoms with Crippen LogP contribution >= 0.6 is 0 Å². The summed E-state index contributed by atoms with van der Waals surface area (Å²) in [6, 6.07) is 13.3. The maximum atomic E-state index is 12.2. The van der Waals surface area contributed by atoms with Crippen LogP contribution in [0.4, 0.5) is 0 Å². The van der Waals surface area contributed by atoms with Crippen LogP contribution in [0, 0.1) is 0 Å². The molecule has 2 rings (SSSR count). The van der Waals surface area contributed by atoms with E-state index in [1.165, 1.54) is 43.5 Å². The van der Waals surface area contributed by atoms with Crippen molar-refractivity contribution in [2.75, 3.05) is 7.11 Å². The van der Waals surface area contributed by atoms with Gasteiger partial charge in [0, 0.05) is 0 Å². The highest BCUT2D eigenvalue weighted by atomic mass is 33.2. The minimum Gasteiger partial charge on any atom is -0.497 e.